The SMILES string of the molecule is O=C1CC(O)CN1Cc1cocn1. The summed E-state index contributed by atoms with van der Waals surface area (Å²) in [6.07, 6.45) is 2.52. The second-order valence-corrected chi connectivity index (χ2v) is 3.11. The Morgan fingerprint density at radius 1 is 1.77 bits per heavy atom. The largest absolute Gasteiger partial charge is 0.451 e. The average Bonchev–Trinajstić information content (AvgIpc) is 2.63. The van der Waals surface area contributed by atoms with Crippen molar-refractivity contribution < 1.29 is 14.3 Å². The molecule has 1 unspecified atom stereocenters. The molecule has 2 rings (SSSR count). The third-order valence-electron chi connectivity index (χ3n) is 2.03. The number of amides is 1. The van der Waals surface area contributed by atoms with E-state index in [-0.39, 0.29) is 12.3 Å². The van der Waals surface area contributed by atoms with Crippen molar-refractivity contribution in [3.05, 3.63) is 18.4 Å². The van der Waals surface area contributed by atoms with E-state index in [4.69, 9.17) is 4.42 Å². The minimum Gasteiger partial charge on any atom is -0.451 e. The summed E-state index contributed by atoms with van der Waals surface area (Å²) in [6.45, 7) is 0.818. The lowest BCUT2D eigenvalue weighted by Gasteiger charge is -2.12. The highest BCUT2D eigenvalue weighted by atomic mass is 16.3. The Bertz CT molecular complexity index is 296. The van der Waals surface area contributed by atoms with Gasteiger partial charge in [0.05, 0.1) is 24.8 Å². The van der Waals surface area contributed by atoms with Gasteiger partial charge in [-0.15, -0.1) is 0 Å². The zero-order valence-corrected chi connectivity index (χ0v) is 7.01. The highest BCUT2D eigenvalue weighted by Crippen LogP contribution is 2.13. The van der Waals surface area contributed by atoms with Crippen LogP contribution in [0.15, 0.2) is 17.1 Å². The van der Waals surface area contributed by atoms with E-state index in [1.807, 2.05) is 0 Å². The molecule has 1 aliphatic rings. The first-order valence-electron chi connectivity index (χ1n) is 4.08. The number of aliphatic hydroxyl groups excluding tert-OH is 1. The third-order valence-corrected chi connectivity index (χ3v) is 2.03. The number of carbonyl (C=O) groups is 1. The molecule has 1 saturated heterocycles. The van der Waals surface area contributed by atoms with Crippen LogP contribution >= 0.6 is 0 Å². The van der Waals surface area contributed by atoms with E-state index in [2.05, 4.69) is 4.98 Å². The van der Waals surface area contributed by atoms with Gasteiger partial charge in [-0.1, -0.05) is 0 Å². The maximum absolute atomic E-state index is 11.2. The van der Waals surface area contributed by atoms with E-state index in [0.717, 1.165) is 0 Å². The molecule has 0 aromatic carbocycles. The first-order chi connectivity index (χ1) is 6.25. The predicted molar refractivity (Wildman–Crippen MR) is 42.5 cm³/mol. The highest BCUT2D eigenvalue weighted by molar-refractivity contribution is 5.78. The summed E-state index contributed by atoms with van der Waals surface area (Å²) in [5, 5.41) is 9.19. The van der Waals surface area contributed by atoms with Gasteiger partial charge in [-0.2, -0.15) is 0 Å². The summed E-state index contributed by atoms with van der Waals surface area (Å²) >= 11 is 0. The van der Waals surface area contributed by atoms with E-state index in [9.17, 15) is 9.90 Å². The molecule has 1 fully saturated rings. The van der Waals surface area contributed by atoms with Gasteiger partial charge in [0.2, 0.25) is 5.91 Å². The van der Waals surface area contributed by atoms with Crippen molar-refractivity contribution in [2.45, 2.75) is 19.1 Å². The standard InChI is InChI=1S/C8H10N2O3/c11-7-1-8(12)10(3-7)2-6-4-13-5-9-6/h4-5,7,11H,1-3H2. The lowest BCUT2D eigenvalue weighted by atomic mass is 10.3. The molecule has 1 aliphatic heterocycles. The molecule has 1 aromatic rings. The van der Waals surface area contributed by atoms with Crippen LogP contribution in [-0.2, 0) is 11.3 Å². The molecule has 13 heavy (non-hydrogen) atoms. The van der Waals surface area contributed by atoms with Crippen LogP contribution < -0.4 is 0 Å². The summed E-state index contributed by atoms with van der Waals surface area (Å²) in [5.74, 6) is -0.0319. The van der Waals surface area contributed by atoms with Crippen LogP contribution in [0.4, 0.5) is 0 Å². The van der Waals surface area contributed by atoms with E-state index < -0.39 is 6.10 Å². The fourth-order valence-electron chi connectivity index (χ4n) is 1.42. The van der Waals surface area contributed by atoms with Gasteiger partial charge >= 0.3 is 0 Å². The molecule has 0 spiro atoms. The third kappa shape index (κ3) is 1.70. The summed E-state index contributed by atoms with van der Waals surface area (Å²) in [5.41, 5.74) is 0.711. The van der Waals surface area contributed by atoms with Gasteiger partial charge in [0.1, 0.15) is 6.26 Å². The summed E-state index contributed by atoms with van der Waals surface area (Å²) in [6, 6.07) is 0. The number of β-amino-alcohol motifs (C(OH)–C–C–N with tert-alkyl or cyclic N) is 1. The van der Waals surface area contributed by atoms with Gasteiger partial charge in [-0.3, -0.25) is 4.79 Å². The topological polar surface area (TPSA) is 66.6 Å². The normalized spacial score (nSPS) is 22.7. The Hall–Kier alpha value is -1.36. The van der Waals surface area contributed by atoms with Crippen LogP contribution in [0.5, 0.6) is 0 Å². The molecule has 0 radical (unpaired) electrons. The average molecular weight is 182 g/mol. The second-order valence-electron chi connectivity index (χ2n) is 3.11. The van der Waals surface area contributed by atoms with E-state index in [1.54, 1.807) is 4.90 Å². The number of rotatable bonds is 2. The fraction of sp³-hybridized carbons (Fsp3) is 0.500. The lowest BCUT2D eigenvalue weighted by Crippen LogP contribution is -2.25. The van der Waals surface area contributed by atoms with Gasteiger partial charge in [0.15, 0.2) is 6.39 Å². The molecular formula is C8H10N2O3. The number of carbonyl (C=O) groups excluding carboxylic acids is 1. The zero-order chi connectivity index (χ0) is 9.26. The lowest BCUT2D eigenvalue weighted by molar-refractivity contribution is -0.128. The Kier molecular flexibility index (Phi) is 2.02. The quantitative estimate of drug-likeness (QED) is 0.686. The smallest absolute Gasteiger partial charge is 0.225 e. The van der Waals surface area contributed by atoms with Crippen LogP contribution in [0.25, 0.3) is 0 Å². The molecule has 1 atom stereocenters. The van der Waals surface area contributed by atoms with Gasteiger partial charge in [0.25, 0.3) is 0 Å². The second kappa shape index (κ2) is 3.18. The number of oxazole rings is 1. The van der Waals surface area contributed by atoms with Crippen molar-refractivity contribution in [3.63, 3.8) is 0 Å². The van der Waals surface area contributed by atoms with Gasteiger partial charge in [-0.25, -0.2) is 4.98 Å². The molecule has 5 nitrogen and oxygen atoms in total. The number of nitrogens with zero attached hydrogens (tertiary/aromatic N) is 2. The van der Waals surface area contributed by atoms with Crippen LogP contribution in [0.1, 0.15) is 12.1 Å². The molecule has 0 aliphatic carbocycles. The summed E-state index contributed by atoms with van der Waals surface area (Å²) < 4.78 is 4.78. The fourth-order valence-corrected chi connectivity index (χ4v) is 1.42. The van der Waals surface area contributed by atoms with Gasteiger partial charge in [0, 0.05) is 6.54 Å². The Morgan fingerprint density at radius 3 is 3.15 bits per heavy atom. The molecule has 1 amide bonds. The molecule has 1 N–H and O–H groups in total. The molecule has 1 aromatic heterocycles. The highest BCUT2D eigenvalue weighted by Gasteiger charge is 2.28. The number of likely N-dealkylation sites (tertiary alicyclic amines) is 1. The van der Waals surface area contributed by atoms with Gasteiger partial charge in [-0.05, 0) is 0 Å². The predicted octanol–water partition coefficient (Wildman–Crippen LogP) is -0.232. The maximum Gasteiger partial charge on any atom is 0.225 e. The van der Waals surface area contributed by atoms with Crippen LogP contribution in [0.2, 0.25) is 0 Å². The zero-order valence-electron chi connectivity index (χ0n) is 7.01. The Morgan fingerprint density at radius 2 is 2.62 bits per heavy atom. The van der Waals surface area contributed by atoms with E-state index in [0.29, 0.717) is 18.8 Å². The molecule has 2 heterocycles. The van der Waals surface area contributed by atoms with Gasteiger partial charge < -0.3 is 14.4 Å². The van der Waals surface area contributed by atoms with Crippen LogP contribution in [-0.4, -0.2) is 33.5 Å². The molecule has 0 saturated carbocycles. The minimum atomic E-state index is -0.528. The van der Waals surface area contributed by atoms with Crippen LogP contribution in [0, 0.1) is 0 Å². The van der Waals surface area contributed by atoms with Crippen molar-refractivity contribution in [2.24, 2.45) is 0 Å². The van der Waals surface area contributed by atoms with Crippen molar-refractivity contribution in [3.8, 4) is 0 Å². The molecule has 5 heteroatoms. The van der Waals surface area contributed by atoms with Crippen molar-refractivity contribution in [2.75, 3.05) is 6.54 Å². The van der Waals surface area contributed by atoms with Crippen LogP contribution in [0.3, 0.4) is 0 Å². The first kappa shape index (κ1) is 8.25. The van der Waals surface area contributed by atoms with Crippen molar-refractivity contribution in [1.82, 2.24) is 9.88 Å². The van der Waals surface area contributed by atoms with E-state index in [1.165, 1.54) is 12.7 Å². The minimum absolute atomic E-state index is 0.0319. The number of hydrogen-bond acceptors (Lipinski definition) is 4. The maximum atomic E-state index is 11.2. The number of aromatic nitrogens is 1. The molecule has 0 bridgehead atoms. The van der Waals surface area contributed by atoms with E-state index >= 15 is 0 Å². The Labute approximate surface area is 75.0 Å². The number of aliphatic hydroxyl groups is 1. The molecular weight excluding hydrogens is 172 g/mol. The van der Waals surface area contributed by atoms with Crippen molar-refractivity contribution >= 4 is 5.91 Å². The number of hydrogen-bond donors (Lipinski definition) is 1. The molecule has 70 valence electrons. The summed E-state index contributed by atoms with van der Waals surface area (Å²) in [7, 11) is 0. The monoisotopic (exact) mass is 182 g/mol. The summed E-state index contributed by atoms with van der Waals surface area (Å²) in [4.78, 5) is 16.7. The van der Waals surface area contributed by atoms with Crippen molar-refractivity contribution in [1.29, 1.82) is 0 Å². The first-order valence-corrected chi connectivity index (χ1v) is 4.08. The Balaban J connectivity index is 1.99.